The minimum Gasteiger partial charge on any atom is -0.372 e. The first-order valence-corrected chi connectivity index (χ1v) is 9.69. The first kappa shape index (κ1) is 19.1. The second-order valence-corrected chi connectivity index (χ2v) is 7.70. The van der Waals surface area contributed by atoms with Crippen molar-refractivity contribution in [1.82, 2.24) is 10.2 Å². The van der Waals surface area contributed by atoms with Crippen LogP contribution in [0.15, 0.2) is 48.8 Å². The van der Waals surface area contributed by atoms with E-state index in [2.05, 4.69) is 66.4 Å². The molecule has 0 radical (unpaired) electrons. The summed E-state index contributed by atoms with van der Waals surface area (Å²) in [6, 6.07) is 12.4. The van der Waals surface area contributed by atoms with Crippen molar-refractivity contribution in [2.45, 2.75) is 25.8 Å². The molecule has 5 heteroatoms. The number of hydrogen-bond acceptors (Lipinski definition) is 3. The number of nitrogens with one attached hydrogen (secondary N) is 2. The Labute approximate surface area is 166 Å². The molecule has 26 heavy (non-hydrogen) atoms. The fraction of sp³-hybridized carbons (Fsp3) is 0.333. The normalized spacial score (nSPS) is 16.8. The molecule has 0 saturated carbocycles. The molecular weight excluding hydrogens is 365 g/mol. The van der Waals surface area contributed by atoms with Crippen LogP contribution >= 0.6 is 23.2 Å². The molecule has 1 aliphatic rings. The van der Waals surface area contributed by atoms with Crippen LogP contribution in [0, 0.1) is 0 Å². The molecule has 2 aromatic carbocycles. The van der Waals surface area contributed by atoms with Gasteiger partial charge in [0.05, 0.1) is 5.82 Å². The fourth-order valence-corrected chi connectivity index (χ4v) is 3.99. The molecule has 3 nitrogen and oxygen atoms in total. The molecule has 2 aromatic rings. The number of nitrogens with zero attached hydrogens (tertiary/aromatic N) is 1. The minimum absolute atomic E-state index is 0.260. The van der Waals surface area contributed by atoms with E-state index in [4.69, 9.17) is 23.2 Å². The van der Waals surface area contributed by atoms with E-state index < -0.39 is 0 Å². The Kier molecular flexibility index (Phi) is 6.13. The zero-order valence-electron chi connectivity index (χ0n) is 15.3. The van der Waals surface area contributed by atoms with Gasteiger partial charge >= 0.3 is 0 Å². The summed E-state index contributed by atoms with van der Waals surface area (Å²) in [5.41, 5.74) is 4.69. The number of anilines is 1. The number of hydrogen-bond donors (Lipinski definition) is 2. The number of fused-ring (bicyclic) bond motifs is 1. The molecule has 0 spiro atoms. The van der Waals surface area contributed by atoms with Crippen molar-refractivity contribution < 1.29 is 0 Å². The number of halogens is 2. The van der Waals surface area contributed by atoms with E-state index in [0.29, 0.717) is 5.02 Å². The van der Waals surface area contributed by atoms with Gasteiger partial charge in [-0.05, 0) is 54.4 Å². The van der Waals surface area contributed by atoms with Crippen molar-refractivity contribution in [1.29, 1.82) is 0 Å². The van der Waals surface area contributed by atoms with Crippen LogP contribution in [-0.4, -0.2) is 25.0 Å². The highest BCUT2D eigenvalue weighted by atomic mass is 35.5. The first-order valence-electron chi connectivity index (χ1n) is 8.94. The van der Waals surface area contributed by atoms with Crippen LogP contribution in [0.4, 0.5) is 5.69 Å². The molecule has 0 amide bonds. The third-order valence-corrected chi connectivity index (χ3v) is 5.24. The van der Waals surface area contributed by atoms with E-state index >= 15 is 0 Å². The van der Waals surface area contributed by atoms with Gasteiger partial charge in [-0.2, -0.15) is 0 Å². The van der Waals surface area contributed by atoms with Gasteiger partial charge in [0.15, 0.2) is 0 Å². The summed E-state index contributed by atoms with van der Waals surface area (Å²) in [5, 5.41) is 7.99. The van der Waals surface area contributed by atoms with Crippen LogP contribution in [0.2, 0.25) is 10.0 Å². The molecule has 3 rings (SSSR count). The lowest BCUT2D eigenvalue weighted by Gasteiger charge is -2.33. The van der Waals surface area contributed by atoms with E-state index in [0.717, 1.165) is 42.6 Å². The first-order chi connectivity index (χ1) is 12.5. The van der Waals surface area contributed by atoms with Gasteiger partial charge in [-0.3, -0.25) is 0 Å². The van der Waals surface area contributed by atoms with E-state index in [1.807, 2.05) is 6.07 Å². The Balaban J connectivity index is 1.83. The fourth-order valence-electron chi connectivity index (χ4n) is 3.42. The van der Waals surface area contributed by atoms with Crippen LogP contribution in [0.25, 0.3) is 0 Å². The van der Waals surface area contributed by atoms with E-state index in [9.17, 15) is 0 Å². The van der Waals surface area contributed by atoms with Gasteiger partial charge in [-0.25, -0.2) is 0 Å². The van der Waals surface area contributed by atoms with Crippen molar-refractivity contribution in [3.8, 4) is 0 Å². The predicted molar refractivity (Wildman–Crippen MR) is 112 cm³/mol. The SMILES string of the molecule is C=C(NCCC)Nc1ccc(C2CN(C)Cc3c(Cl)cc(Cl)cc32)cc1. The molecular formula is C21H25Cl2N3. The van der Waals surface area contributed by atoms with E-state index in [1.54, 1.807) is 0 Å². The summed E-state index contributed by atoms with van der Waals surface area (Å²) in [6.45, 7) is 8.84. The molecule has 1 unspecified atom stereocenters. The van der Waals surface area contributed by atoms with Gasteiger partial charge in [0.1, 0.15) is 0 Å². The van der Waals surface area contributed by atoms with Crippen molar-refractivity contribution in [2.24, 2.45) is 0 Å². The Morgan fingerprint density at radius 2 is 1.96 bits per heavy atom. The lowest BCUT2D eigenvalue weighted by Crippen LogP contribution is -2.31. The quantitative estimate of drug-likeness (QED) is 0.687. The largest absolute Gasteiger partial charge is 0.372 e. The Bertz CT molecular complexity index is 787. The van der Waals surface area contributed by atoms with Gasteiger partial charge in [0.25, 0.3) is 0 Å². The molecule has 1 aliphatic heterocycles. The Hall–Kier alpha value is -1.68. The minimum atomic E-state index is 0.260. The molecule has 1 atom stereocenters. The summed E-state index contributed by atoms with van der Waals surface area (Å²) in [4.78, 5) is 2.30. The van der Waals surface area contributed by atoms with Crippen LogP contribution < -0.4 is 10.6 Å². The second kappa shape index (κ2) is 8.34. The van der Waals surface area contributed by atoms with Gasteiger partial charge < -0.3 is 15.5 Å². The average Bonchev–Trinajstić information content (AvgIpc) is 2.61. The van der Waals surface area contributed by atoms with E-state index in [1.165, 1.54) is 16.7 Å². The Morgan fingerprint density at radius 3 is 2.65 bits per heavy atom. The summed E-state index contributed by atoms with van der Waals surface area (Å²) >= 11 is 12.7. The molecule has 1 heterocycles. The molecule has 0 aliphatic carbocycles. The van der Waals surface area contributed by atoms with Crippen molar-refractivity contribution >= 4 is 28.9 Å². The molecule has 0 aromatic heterocycles. The summed E-state index contributed by atoms with van der Waals surface area (Å²) in [6.07, 6.45) is 1.07. The van der Waals surface area contributed by atoms with Gasteiger partial charge in [0, 0.05) is 41.3 Å². The van der Waals surface area contributed by atoms with Crippen LogP contribution in [0.5, 0.6) is 0 Å². The van der Waals surface area contributed by atoms with Crippen LogP contribution in [0.3, 0.4) is 0 Å². The zero-order chi connectivity index (χ0) is 18.7. The molecule has 0 saturated heterocycles. The summed E-state index contributed by atoms with van der Waals surface area (Å²) in [5.74, 6) is 1.08. The van der Waals surface area contributed by atoms with Crippen LogP contribution in [0.1, 0.15) is 36.0 Å². The number of rotatable bonds is 6. The smallest absolute Gasteiger partial charge is 0.0957 e. The molecule has 0 fully saturated rings. The lowest BCUT2D eigenvalue weighted by atomic mass is 9.84. The maximum atomic E-state index is 6.45. The number of likely N-dealkylation sites (N-methyl/N-ethyl adjacent to an activating group) is 1. The molecule has 138 valence electrons. The third-order valence-electron chi connectivity index (χ3n) is 4.69. The number of benzene rings is 2. The lowest BCUT2D eigenvalue weighted by molar-refractivity contribution is 0.295. The maximum Gasteiger partial charge on any atom is 0.0957 e. The zero-order valence-corrected chi connectivity index (χ0v) is 16.8. The third kappa shape index (κ3) is 4.35. The predicted octanol–water partition coefficient (Wildman–Crippen LogP) is 5.45. The highest BCUT2D eigenvalue weighted by molar-refractivity contribution is 6.35. The van der Waals surface area contributed by atoms with Crippen molar-refractivity contribution in [3.63, 3.8) is 0 Å². The standard InChI is InChI=1S/C21H25Cl2N3/c1-4-9-24-14(2)25-17-7-5-15(6-8-17)19-12-26(3)13-20-18(19)10-16(22)11-21(20)23/h5-8,10-11,19,24-25H,2,4,9,12-13H2,1,3H3. The monoisotopic (exact) mass is 389 g/mol. The van der Waals surface area contributed by atoms with Crippen LogP contribution in [-0.2, 0) is 6.54 Å². The summed E-state index contributed by atoms with van der Waals surface area (Å²) < 4.78 is 0. The molecule has 2 N–H and O–H groups in total. The maximum absolute atomic E-state index is 6.45. The van der Waals surface area contributed by atoms with Gasteiger partial charge in [0.2, 0.25) is 0 Å². The van der Waals surface area contributed by atoms with Crippen molar-refractivity contribution in [2.75, 3.05) is 25.5 Å². The topological polar surface area (TPSA) is 27.3 Å². The highest BCUT2D eigenvalue weighted by Gasteiger charge is 2.26. The van der Waals surface area contributed by atoms with Gasteiger partial charge in [-0.15, -0.1) is 0 Å². The highest BCUT2D eigenvalue weighted by Crippen LogP contribution is 2.38. The van der Waals surface area contributed by atoms with E-state index in [-0.39, 0.29) is 5.92 Å². The molecule has 0 bridgehead atoms. The second-order valence-electron chi connectivity index (χ2n) is 6.86. The van der Waals surface area contributed by atoms with Crippen molar-refractivity contribution in [3.05, 3.63) is 75.5 Å². The summed E-state index contributed by atoms with van der Waals surface area (Å²) in [7, 11) is 2.13. The Morgan fingerprint density at radius 1 is 1.23 bits per heavy atom. The average molecular weight is 390 g/mol. The van der Waals surface area contributed by atoms with Gasteiger partial charge in [-0.1, -0.05) is 48.8 Å².